The van der Waals surface area contributed by atoms with Gasteiger partial charge in [-0.3, -0.25) is 42.7 Å². The Balaban J connectivity index is 1.14. The number of hydrogen-bond donors (Lipinski definition) is 11. The maximum atomic E-state index is 14.4. The molecule has 67 heavy (non-hydrogen) atoms. The van der Waals surface area contributed by atoms with Gasteiger partial charge in [-0.1, -0.05) is 0 Å². The summed E-state index contributed by atoms with van der Waals surface area (Å²) in [6, 6.07) is 1.93. The number of halogens is 4. The van der Waals surface area contributed by atoms with Crippen molar-refractivity contribution in [2.75, 3.05) is 69.7 Å². The Kier molecular flexibility index (Phi) is 18.9. The van der Waals surface area contributed by atoms with Crippen LogP contribution in [0.3, 0.4) is 0 Å². The largest absolute Gasteiger partial charge is 0.394 e. The number of anilines is 2. The fourth-order valence-corrected chi connectivity index (χ4v) is 6.20. The number of carbonyl (C=O) groups is 7. The van der Waals surface area contributed by atoms with Crippen molar-refractivity contribution in [3.05, 3.63) is 45.5 Å². The molecule has 31 heteroatoms. The van der Waals surface area contributed by atoms with Crippen LogP contribution in [0.15, 0.2) is 34.1 Å². The zero-order chi connectivity index (χ0) is 49.6. The lowest BCUT2D eigenvalue weighted by Gasteiger charge is -2.22. The number of hydrogen-bond acceptors (Lipinski definition) is 18. The Bertz CT molecular complexity index is 2110. The lowest BCUT2D eigenvalue weighted by atomic mass is 10.1. The van der Waals surface area contributed by atoms with Crippen LogP contribution in [0.25, 0.3) is 0 Å². The molecule has 370 valence electrons. The number of aromatic nitrogens is 4. The minimum Gasteiger partial charge on any atom is -0.394 e. The standard InChI is InChI=1S/C36H48F4N12O15/c37-35(38)29(62)18(16-53)66-31(35)51-10-3-20(48-33(51)64)46-26(59)14-44-24(57)12-42-22(55)5-8-50(28(61)2-1-7-41)9-6-23(56)43-13-25(58)45-15-27(60)47-21-4-11-52(34(65)49-21)32-36(39,40)30(63)19(17-54)67-32/h3-4,10-11,18-19,29-32,53-54,62-63H,1-2,5-9,12-17,41H2,(H,42,55)(H,43,56)(H,44,57)(H,45,58)(H,46,48,59,64)(H,47,49,60,65)/t18-,19-,29-,30-,31-,32-/m1/s1. The average molecular weight is 965 g/mol. The molecule has 6 atom stereocenters. The molecule has 2 saturated heterocycles. The predicted molar refractivity (Wildman–Crippen MR) is 214 cm³/mol. The number of amides is 7. The first-order chi connectivity index (χ1) is 31.6. The van der Waals surface area contributed by atoms with E-state index in [1.807, 2.05) is 0 Å². The molecule has 2 aliphatic heterocycles. The first kappa shape index (κ1) is 53.1. The number of alkyl halides is 4. The Hall–Kier alpha value is -6.51. The minimum absolute atomic E-state index is 0.0297. The van der Waals surface area contributed by atoms with E-state index in [-0.39, 0.29) is 57.0 Å². The van der Waals surface area contributed by atoms with E-state index >= 15 is 0 Å². The highest BCUT2D eigenvalue weighted by atomic mass is 19.3. The van der Waals surface area contributed by atoms with E-state index in [1.54, 1.807) is 0 Å². The minimum atomic E-state index is -3.96. The Morgan fingerprint density at radius 2 is 1.01 bits per heavy atom. The molecular weight excluding hydrogens is 916 g/mol. The van der Waals surface area contributed by atoms with E-state index in [0.29, 0.717) is 9.13 Å². The number of aliphatic hydroxyl groups is 4. The number of rotatable bonds is 23. The monoisotopic (exact) mass is 964 g/mol. The molecule has 12 N–H and O–H groups in total. The molecular formula is C36H48F4N12O15. The highest BCUT2D eigenvalue weighted by Gasteiger charge is 2.60. The molecule has 0 unspecified atom stereocenters. The van der Waals surface area contributed by atoms with Gasteiger partial charge in [-0.05, 0) is 25.1 Å². The molecule has 4 heterocycles. The van der Waals surface area contributed by atoms with Crippen molar-refractivity contribution in [1.82, 2.24) is 45.3 Å². The van der Waals surface area contributed by atoms with Gasteiger partial charge < -0.3 is 72.4 Å². The van der Waals surface area contributed by atoms with Crippen molar-refractivity contribution in [3.63, 3.8) is 0 Å². The van der Waals surface area contributed by atoms with Gasteiger partial charge in [-0.15, -0.1) is 0 Å². The summed E-state index contributed by atoms with van der Waals surface area (Å²) in [6.45, 7) is -4.75. The lowest BCUT2D eigenvalue weighted by molar-refractivity contribution is -0.141. The Labute approximate surface area is 374 Å². The summed E-state index contributed by atoms with van der Waals surface area (Å²) in [5, 5.41) is 50.9. The number of aliphatic hydroxyl groups excluding tert-OH is 4. The summed E-state index contributed by atoms with van der Waals surface area (Å²) in [4.78, 5) is 120. The van der Waals surface area contributed by atoms with Crippen LogP contribution in [0.4, 0.5) is 29.2 Å². The smallest absolute Gasteiger partial charge is 0.351 e. The average Bonchev–Trinajstić information content (AvgIpc) is 3.66. The fourth-order valence-electron chi connectivity index (χ4n) is 6.20. The van der Waals surface area contributed by atoms with Crippen LogP contribution in [0.1, 0.15) is 38.1 Å². The first-order valence-corrected chi connectivity index (χ1v) is 20.1. The van der Waals surface area contributed by atoms with Gasteiger partial charge in [0.15, 0.2) is 12.2 Å². The normalized spacial score (nSPS) is 21.4. The second kappa shape index (κ2) is 23.8. The molecule has 4 rings (SSSR count). The van der Waals surface area contributed by atoms with Crippen LogP contribution >= 0.6 is 0 Å². The van der Waals surface area contributed by atoms with E-state index in [9.17, 15) is 70.9 Å². The molecule has 0 spiro atoms. The van der Waals surface area contributed by atoms with Crippen LogP contribution in [0.2, 0.25) is 0 Å². The number of carbonyl (C=O) groups excluding carboxylic acids is 7. The topological polar surface area (TPSA) is 390 Å². The Morgan fingerprint density at radius 1 is 0.642 bits per heavy atom. The van der Waals surface area contributed by atoms with Gasteiger partial charge in [0.2, 0.25) is 53.8 Å². The molecule has 2 fully saturated rings. The summed E-state index contributed by atoms with van der Waals surface area (Å²) in [6.07, 6.45) is -11.5. The summed E-state index contributed by atoms with van der Waals surface area (Å²) >= 11 is 0. The first-order valence-electron chi connectivity index (χ1n) is 20.1. The quantitative estimate of drug-likeness (QED) is 0.0462. The zero-order valence-corrected chi connectivity index (χ0v) is 35.1. The molecule has 0 aromatic carbocycles. The SMILES string of the molecule is NCCCC(=O)N(CCC(=O)NCC(=O)NCC(=O)Nc1ccn([C@@H]2O[C@H](CO)[C@@H](O)C2(F)F)c(=O)n1)CCC(=O)NCC(=O)NCC(=O)Nc1ccn([C@@H]2O[C@H](CO)[C@@H](O)C2(F)F)c(=O)n1. The van der Waals surface area contributed by atoms with Crippen LogP contribution < -0.4 is 49.0 Å². The molecule has 0 radical (unpaired) electrons. The summed E-state index contributed by atoms with van der Waals surface area (Å²) < 4.78 is 68.1. The van der Waals surface area contributed by atoms with Crippen LogP contribution in [0, 0.1) is 0 Å². The van der Waals surface area contributed by atoms with Crippen molar-refractivity contribution in [3.8, 4) is 0 Å². The summed E-state index contributed by atoms with van der Waals surface area (Å²) in [5.41, 5.74) is 2.89. The molecule has 27 nitrogen and oxygen atoms in total. The summed E-state index contributed by atoms with van der Waals surface area (Å²) in [5.74, 6) is -14.1. The highest BCUT2D eigenvalue weighted by Crippen LogP contribution is 2.43. The number of nitrogens with two attached hydrogens (primary N) is 1. The number of nitrogens with zero attached hydrogens (tertiary/aromatic N) is 5. The third-order valence-corrected chi connectivity index (χ3v) is 9.77. The van der Waals surface area contributed by atoms with E-state index in [2.05, 4.69) is 41.9 Å². The van der Waals surface area contributed by atoms with Crippen LogP contribution in [-0.2, 0) is 43.0 Å². The van der Waals surface area contributed by atoms with Gasteiger partial charge in [-0.25, -0.2) is 9.59 Å². The molecule has 2 aromatic heterocycles. The zero-order valence-electron chi connectivity index (χ0n) is 35.1. The van der Waals surface area contributed by atoms with Crippen molar-refractivity contribution < 1.29 is 81.0 Å². The summed E-state index contributed by atoms with van der Waals surface area (Å²) in [7, 11) is 0. The van der Waals surface area contributed by atoms with Crippen molar-refractivity contribution in [2.24, 2.45) is 5.73 Å². The Morgan fingerprint density at radius 3 is 1.36 bits per heavy atom. The molecule has 7 amide bonds. The van der Waals surface area contributed by atoms with E-state index in [1.165, 1.54) is 4.90 Å². The fraction of sp³-hybridized carbons (Fsp3) is 0.583. The second-order valence-electron chi connectivity index (χ2n) is 14.6. The maximum absolute atomic E-state index is 14.4. The lowest BCUT2D eigenvalue weighted by Crippen LogP contribution is -2.43. The maximum Gasteiger partial charge on any atom is 0.351 e. The van der Waals surface area contributed by atoms with Gasteiger partial charge in [0.1, 0.15) is 23.8 Å². The van der Waals surface area contributed by atoms with Gasteiger partial charge in [0.25, 0.3) is 0 Å². The highest BCUT2D eigenvalue weighted by molar-refractivity contribution is 5.95. The molecule has 0 bridgehead atoms. The van der Waals surface area contributed by atoms with Gasteiger partial charge in [0, 0.05) is 44.7 Å². The van der Waals surface area contributed by atoms with Crippen LogP contribution in [-0.4, -0.2) is 181 Å². The molecule has 0 aliphatic carbocycles. The van der Waals surface area contributed by atoms with E-state index in [4.69, 9.17) is 25.4 Å². The van der Waals surface area contributed by atoms with E-state index < -0.39 is 141 Å². The predicted octanol–water partition coefficient (Wildman–Crippen LogP) is -6.04. The van der Waals surface area contributed by atoms with Gasteiger partial charge in [-0.2, -0.15) is 27.5 Å². The van der Waals surface area contributed by atoms with Crippen molar-refractivity contribution in [1.29, 1.82) is 0 Å². The molecule has 0 saturated carbocycles. The van der Waals surface area contributed by atoms with Gasteiger partial charge in [0.05, 0.1) is 39.4 Å². The molecule has 2 aromatic rings. The van der Waals surface area contributed by atoms with Crippen molar-refractivity contribution >= 4 is 53.0 Å². The third-order valence-electron chi connectivity index (χ3n) is 9.77. The van der Waals surface area contributed by atoms with Crippen molar-refractivity contribution in [2.45, 2.75) is 74.4 Å². The third kappa shape index (κ3) is 14.2. The van der Waals surface area contributed by atoms with Gasteiger partial charge >= 0.3 is 23.2 Å². The van der Waals surface area contributed by atoms with Crippen LogP contribution in [0.5, 0.6) is 0 Å². The van der Waals surface area contributed by atoms with E-state index in [0.717, 1.165) is 24.5 Å². The molecule has 2 aliphatic rings. The number of ether oxygens (including phenoxy) is 2. The second-order valence-corrected chi connectivity index (χ2v) is 14.6. The number of nitrogens with one attached hydrogen (secondary N) is 6.